The summed E-state index contributed by atoms with van der Waals surface area (Å²) in [6, 6.07) is 8.75. The SMILES string of the molecule is CCNC(=NCc1ccc(N2CC=CC2)cc1)N(C)CCOCC1CC1.I. The smallest absolute Gasteiger partial charge is 0.194 e. The van der Waals surface area contributed by atoms with Crippen LogP contribution in [0.3, 0.4) is 0 Å². The average molecular weight is 484 g/mol. The molecule has 1 aromatic rings. The van der Waals surface area contributed by atoms with Crippen molar-refractivity contribution >= 4 is 35.6 Å². The fourth-order valence-corrected chi connectivity index (χ4v) is 2.98. The van der Waals surface area contributed by atoms with Crippen LogP contribution in [0.25, 0.3) is 0 Å². The Labute approximate surface area is 180 Å². The predicted molar refractivity (Wildman–Crippen MR) is 124 cm³/mol. The van der Waals surface area contributed by atoms with Crippen LogP contribution in [-0.4, -0.2) is 57.3 Å². The van der Waals surface area contributed by atoms with Crippen LogP contribution in [0.4, 0.5) is 5.69 Å². The van der Waals surface area contributed by atoms with Gasteiger partial charge in [-0.1, -0.05) is 24.3 Å². The number of rotatable bonds is 9. The van der Waals surface area contributed by atoms with E-state index < -0.39 is 0 Å². The lowest BCUT2D eigenvalue weighted by molar-refractivity contribution is 0.115. The quantitative estimate of drug-likeness (QED) is 0.192. The van der Waals surface area contributed by atoms with Crippen LogP contribution in [-0.2, 0) is 11.3 Å². The molecular formula is C21H33IN4O. The molecule has 0 unspecified atom stereocenters. The molecule has 3 rings (SSSR count). The lowest BCUT2D eigenvalue weighted by Gasteiger charge is -2.22. The molecule has 5 nitrogen and oxygen atoms in total. The highest BCUT2D eigenvalue weighted by molar-refractivity contribution is 14.0. The molecule has 1 N–H and O–H groups in total. The van der Waals surface area contributed by atoms with Crippen molar-refractivity contribution in [3.8, 4) is 0 Å². The monoisotopic (exact) mass is 484 g/mol. The number of aliphatic imine (C=N–C) groups is 1. The molecular weight excluding hydrogens is 451 g/mol. The first-order valence-electron chi connectivity index (χ1n) is 9.82. The third kappa shape index (κ3) is 7.33. The number of ether oxygens (including phenoxy) is 1. The molecule has 2 aliphatic rings. The van der Waals surface area contributed by atoms with E-state index in [0.29, 0.717) is 6.54 Å². The molecule has 1 heterocycles. The first kappa shape index (κ1) is 22.0. The Balaban J connectivity index is 0.00000261. The number of hydrogen-bond donors (Lipinski definition) is 1. The van der Waals surface area contributed by atoms with E-state index in [9.17, 15) is 0 Å². The van der Waals surface area contributed by atoms with Gasteiger partial charge >= 0.3 is 0 Å². The Morgan fingerprint density at radius 2 is 1.93 bits per heavy atom. The molecule has 0 spiro atoms. The van der Waals surface area contributed by atoms with Crippen molar-refractivity contribution in [3.05, 3.63) is 42.0 Å². The third-order valence-electron chi connectivity index (χ3n) is 4.85. The van der Waals surface area contributed by atoms with Gasteiger partial charge in [-0.05, 0) is 43.4 Å². The zero-order valence-electron chi connectivity index (χ0n) is 16.6. The van der Waals surface area contributed by atoms with Gasteiger partial charge in [0.15, 0.2) is 5.96 Å². The highest BCUT2D eigenvalue weighted by Gasteiger charge is 2.21. The molecule has 0 saturated heterocycles. The molecule has 1 saturated carbocycles. The Hall–Kier alpha value is -1.28. The second-order valence-corrected chi connectivity index (χ2v) is 7.15. The second-order valence-electron chi connectivity index (χ2n) is 7.15. The molecule has 1 aliphatic carbocycles. The molecule has 27 heavy (non-hydrogen) atoms. The summed E-state index contributed by atoms with van der Waals surface area (Å²) < 4.78 is 5.75. The molecule has 6 heteroatoms. The van der Waals surface area contributed by atoms with Crippen molar-refractivity contribution < 1.29 is 4.74 Å². The number of hydrogen-bond acceptors (Lipinski definition) is 3. The normalized spacial score (nSPS) is 16.4. The van der Waals surface area contributed by atoms with E-state index >= 15 is 0 Å². The number of guanidine groups is 1. The van der Waals surface area contributed by atoms with Gasteiger partial charge in [-0.2, -0.15) is 0 Å². The minimum absolute atomic E-state index is 0. The molecule has 1 fully saturated rings. The second kappa shape index (κ2) is 11.5. The van der Waals surface area contributed by atoms with Gasteiger partial charge in [0.25, 0.3) is 0 Å². The van der Waals surface area contributed by atoms with Crippen molar-refractivity contribution in [3.63, 3.8) is 0 Å². The van der Waals surface area contributed by atoms with E-state index in [2.05, 4.69) is 65.5 Å². The van der Waals surface area contributed by atoms with Gasteiger partial charge in [-0.3, -0.25) is 0 Å². The molecule has 0 amide bonds. The van der Waals surface area contributed by atoms with Gasteiger partial charge in [-0.25, -0.2) is 4.99 Å². The summed E-state index contributed by atoms with van der Waals surface area (Å²) in [5.74, 6) is 1.76. The summed E-state index contributed by atoms with van der Waals surface area (Å²) in [4.78, 5) is 9.29. The Kier molecular flexibility index (Phi) is 9.41. The minimum atomic E-state index is 0. The van der Waals surface area contributed by atoms with Crippen LogP contribution in [0.1, 0.15) is 25.3 Å². The predicted octanol–water partition coefficient (Wildman–Crippen LogP) is 3.50. The van der Waals surface area contributed by atoms with Crippen LogP contribution in [0.15, 0.2) is 41.4 Å². The number of halogens is 1. The fourth-order valence-electron chi connectivity index (χ4n) is 2.98. The standard InChI is InChI=1S/C21H32N4O.HI/c1-3-22-21(24(2)14-15-26-17-19-6-7-19)23-16-18-8-10-20(11-9-18)25-12-4-5-13-25;/h4-5,8-11,19H,3,6-7,12-17H2,1-2H3,(H,22,23);1H. The van der Waals surface area contributed by atoms with Gasteiger partial charge in [-0.15, -0.1) is 24.0 Å². The van der Waals surface area contributed by atoms with Crippen molar-refractivity contribution in [1.82, 2.24) is 10.2 Å². The van der Waals surface area contributed by atoms with E-state index in [4.69, 9.17) is 9.73 Å². The van der Waals surface area contributed by atoms with Crippen molar-refractivity contribution in [2.45, 2.75) is 26.3 Å². The summed E-state index contributed by atoms with van der Waals surface area (Å²) in [7, 11) is 2.07. The van der Waals surface area contributed by atoms with Crippen molar-refractivity contribution in [1.29, 1.82) is 0 Å². The maximum absolute atomic E-state index is 5.75. The Bertz CT molecular complexity index is 605. The first-order valence-corrected chi connectivity index (χ1v) is 9.82. The van der Waals surface area contributed by atoms with Gasteiger partial charge < -0.3 is 19.9 Å². The summed E-state index contributed by atoms with van der Waals surface area (Å²) in [5, 5.41) is 3.37. The van der Waals surface area contributed by atoms with Gasteiger partial charge in [0.1, 0.15) is 0 Å². The van der Waals surface area contributed by atoms with Crippen LogP contribution >= 0.6 is 24.0 Å². The maximum Gasteiger partial charge on any atom is 0.194 e. The maximum atomic E-state index is 5.75. The lowest BCUT2D eigenvalue weighted by atomic mass is 10.2. The first-order chi connectivity index (χ1) is 12.8. The van der Waals surface area contributed by atoms with Gasteiger partial charge in [0.05, 0.1) is 13.2 Å². The molecule has 0 aromatic heterocycles. The van der Waals surface area contributed by atoms with E-state index in [1.165, 1.54) is 24.1 Å². The number of likely N-dealkylation sites (N-methyl/N-ethyl adjacent to an activating group) is 1. The summed E-state index contributed by atoms with van der Waals surface area (Å²) in [5.41, 5.74) is 2.51. The van der Waals surface area contributed by atoms with Crippen molar-refractivity contribution in [2.75, 3.05) is 51.3 Å². The van der Waals surface area contributed by atoms with Gasteiger partial charge in [0, 0.05) is 45.5 Å². The fraction of sp³-hybridized carbons (Fsp3) is 0.571. The van der Waals surface area contributed by atoms with E-state index in [0.717, 1.165) is 51.3 Å². The van der Waals surface area contributed by atoms with Gasteiger partial charge in [0.2, 0.25) is 0 Å². The lowest BCUT2D eigenvalue weighted by Crippen LogP contribution is -2.40. The zero-order chi connectivity index (χ0) is 18.2. The molecule has 1 aromatic carbocycles. The Morgan fingerprint density at radius 3 is 2.56 bits per heavy atom. The van der Waals surface area contributed by atoms with Crippen LogP contribution < -0.4 is 10.2 Å². The van der Waals surface area contributed by atoms with E-state index in [1.54, 1.807) is 0 Å². The number of nitrogens with zero attached hydrogens (tertiary/aromatic N) is 3. The zero-order valence-corrected chi connectivity index (χ0v) is 18.9. The van der Waals surface area contributed by atoms with Crippen molar-refractivity contribution in [2.24, 2.45) is 10.9 Å². The molecule has 0 bridgehead atoms. The van der Waals surface area contributed by atoms with E-state index in [-0.39, 0.29) is 24.0 Å². The highest BCUT2D eigenvalue weighted by atomic mass is 127. The van der Waals surface area contributed by atoms with Crippen LogP contribution in [0.5, 0.6) is 0 Å². The molecule has 150 valence electrons. The third-order valence-corrected chi connectivity index (χ3v) is 4.85. The largest absolute Gasteiger partial charge is 0.379 e. The van der Waals surface area contributed by atoms with Crippen LogP contribution in [0, 0.1) is 5.92 Å². The summed E-state index contributed by atoms with van der Waals surface area (Å²) >= 11 is 0. The highest BCUT2D eigenvalue weighted by Crippen LogP contribution is 2.28. The van der Waals surface area contributed by atoms with Crippen LogP contribution in [0.2, 0.25) is 0 Å². The molecule has 0 radical (unpaired) electrons. The summed E-state index contributed by atoms with van der Waals surface area (Å²) in [6.45, 7) is 8.22. The van der Waals surface area contributed by atoms with E-state index in [1.807, 2.05) is 0 Å². The summed E-state index contributed by atoms with van der Waals surface area (Å²) in [6.07, 6.45) is 7.11. The Morgan fingerprint density at radius 1 is 1.22 bits per heavy atom. The minimum Gasteiger partial charge on any atom is -0.379 e. The number of anilines is 1. The number of nitrogens with one attached hydrogen (secondary N) is 1. The average Bonchev–Trinajstić information content (AvgIpc) is 3.33. The number of benzene rings is 1. The molecule has 1 aliphatic heterocycles. The topological polar surface area (TPSA) is 40.1 Å². The molecule has 0 atom stereocenters.